The van der Waals surface area contributed by atoms with Gasteiger partial charge in [0.15, 0.2) is 8.32 Å². The van der Waals surface area contributed by atoms with E-state index in [2.05, 4.69) is 73.1 Å². The van der Waals surface area contributed by atoms with Crippen LogP contribution in [0.25, 0.3) is 10.4 Å². The van der Waals surface area contributed by atoms with E-state index >= 15 is 0 Å². The van der Waals surface area contributed by atoms with Crippen LogP contribution >= 0.6 is 0 Å². The fourth-order valence-electron chi connectivity index (χ4n) is 2.92. The average molecular weight is 347 g/mol. The van der Waals surface area contributed by atoms with Gasteiger partial charge in [0.25, 0.3) is 0 Å². The molecule has 0 amide bonds. The molecule has 0 saturated carbocycles. The number of hydrogen-bond donors (Lipinski definition) is 0. The first kappa shape index (κ1) is 19.0. The highest BCUT2D eigenvalue weighted by molar-refractivity contribution is 6.74. The number of rotatable bonds is 5. The van der Waals surface area contributed by atoms with Crippen LogP contribution in [0.2, 0.25) is 18.1 Å². The van der Waals surface area contributed by atoms with Gasteiger partial charge in [0.05, 0.1) is 12.1 Å². The minimum absolute atomic E-state index is 0.0118. The second-order valence-corrected chi connectivity index (χ2v) is 13.0. The molecule has 24 heavy (non-hydrogen) atoms. The highest BCUT2D eigenvalue weighted by Gasteiger charge is 2.40. The van der Waals surface area contributed by atoms with Crippen molar-refractivity contribution in [3.63, 3.8) is 0 Å². The molecular weight excluding hydrogens is 316 g/mol. The number of benzene rings is 1. The lowest BCUT2D eigenvalue weighted by Crippen LogP contribution is -2.51. The molecule has 0 aliphatic carbocycles. The number of piperidine rings is 1. The van der Waals surface area contributed by atoms with Gasteiger partial charge in [-0.2, -0.15) is 0 Å². The monoisotopic (exact) mass is 346 g/mol. The first-order chi connectivity index (χ1) is 11.2. The lowest BCUT2D eigenvalue weighted by Gasteiger charge is -2.43. The molecule has 0 unspecified atom stereocenters. The van der Waals surface area contributed by atoms with Crippen molar-refractivity contribution in [1.29, 1.82) is 0 Å². The highest BCUT2D eigenvalue weighted by Crippen LogP contribution is 2.38. The molecule has 0 bridgehead atoms. The Labute approximate surface area is 146 Å². The van der Waals surface area contributed by atoms with Gasteiger partial charge in [-0.25, -0.2) is 0 Å². The van der Waals surface area contributed by atoms with Crippen LogP contribution < -0.4 is 0 Å². The van der Waals surface area contributed by atoms with E-state index in [1.807, 2.05) is 6.07 Å². The number of azide groups is 1. The van der Waals surface area contributed by atoms with Crippen LogP contribution in [0, 0.1) is 0 Å². The quantitative estimate of drug-likeness (QED) is 0.327. The molecule has 1 fully saturated rings. The van der Waals surface area contributed by atoms with Gasteiger partial charge in [-0.15, -0.1) is 0 Å². The molecular formula is C18H30N4OSi. The van der Waals surface area contributed by atoms with Gasteiger partial charge in [0.2, 0.25) is 0 Å². The number of hydrogen-bond acceptors (Lipinski definition) is 3. The summed E-state index contributed by atoms with van der Waals surface area (Å²) in [5.41, 5.74) is 10.1. The predicted molar refractivity (Wildman–Crippen MR) is 101 cm³/mol. The van der Waals surface area contributed by atoms with E-state index in [9.17, 15) is 0 Å². The van der Waals surface area contributed by atoms with E-state index in [1.54, 1.807) is 0 Å². The molecule has 6 heteroatoms. The lowest BCUT2D eigenvalue weighted by molar-refractivity contribution is 0.0637. The summed E-state index contributed by atoms with van der Waals surface area (Å²) in [6, 6.07) is 10.4. The molecule has 1 aliphatic rings. The Morgan fingerprint density at radius 1 is 1.25 bits per heavy atom. The molecule has 1 heterocycles. The van der Waals surface area contributed by atoms with E-state index in [4.69, 9.17) is 9.96 Å². The van der Waals surface area contributed by atoms with Gasteiger partial charge < -0.3 is 4.43 Å². The summed E-state index contributed by atoms with van der Waals surface area (Å²) >= 11 is 0. The molecule has 2 rings (SSSR count). The van der Waals surface area contributed by atoms with Crippen molar-refractivity contribution in [3.8, 4) is 0 Å². The summed E-state index contributed by atoms with van der Waals surface area (Å²) in [5.74, 6) is 0. The SMILES string of the molecule is CC(C)(C)[Si](C)(C)O[C@@H]1C[C@@H](N=[N+]=[N-])CN(Cc2ccccc2)C1. The van der Waals surface area contributed by atoms with Gasteiger partial charge >= 0.3 is 0 Å². The minimum atomic E-state index is -1.83. The van der Waals surface area contributed by atoms with Crippen LogP contribution in [-0.2, 0) is 11.0 Å². The van der Waals surface area contributed by atoms with Crippen LogP contribution in [0.1, 0.15) is 32.8 Å². The van der Waals surface area contributed by atoms with Gasteiger partial charge in [0.1, 0.15) is 0 Å². The van der Waals surface area contributed by atoms with Gasteiger partial charge in [0, 0.05) is 24.5 Å². The van der Waals surface area contributed by atoms with E-state index in [1.165, 1.54) is 5.56 Å². The molecule has 2 atom stereocenters. The summed E-state index contributed by atoms with van der Waals surface area (Å²) in [6.07, 6.45) is 0.959. The first-order valence-electron chi connectivity index (χ1n) is 8.69. The van der Waals surface area contributed by atoms with Gasteiger partial charge in [-0.1, -0.05) is 56.2 Å². The predicted octanol–water partition coefficient (Wildman–Crippen LogP) is 4.96. The fraction of sp³-hybridized carbons (Fsp3) is 0.667. The Balaban J connectivity index is 2.09. The van der Waals surface area contributed by atoms with Crippen molar-refractivity contribution in [2.45, 2.75) is 64.0 Å². The highest BCUT2D eigenvalue weighted by atomic mass is 28.4. The van der Waals surface area contributed by atoms with Crippen molar-refractivity contribution in [3.05, 3.63) is 46.3 Å². The van der Waals surface area contributed by atoms with Crippen molar-refractivity contribution in [1.82, 2.24) is 4.90 Å². The summed E-state index contributed by atoms with van der Waals surface area (Å²) in [5, 5.41) is 4.18. The number of likely N-dealkylation sites (tertiary alicyclic amines) is 1. The molecule has 5 nitrogen and oxygen atoms in total. The average Bonchev–Trinajstić information content (AvgIpc) is 2.46. The van der Waals surface area contributed by atoms with Crippen molar-refractivity contribution >= 4 is 8.32 Å². The Bertz CT molecular complexity index is 578. The standard InChI is InChI=1S/C18H30N4OSi/c1-18(2,3)24(4,5)23-17-11-16(20-21-19)13-22(14-17)12-15-9-7-6-8-10-15/h6-10,16-17H,11-14H2,1-5H3/t16-,17-/m1/s1. The van der Waals surface area contributed by atoms with Crippen molar-refractivity contribution < 1.29 is 4.43 Å². The lowest BCUT2D eigenvalue weighted by atomic mass is 10.0. The maximum Gasteiger partial charge on any atom is 0.192 e. The Hall–Kier alpha value is -1.33. The molecule has 1 aromatic carbocycles. The fourth-order valence-corrected chi connectivity index (χ4v) is 4.28. The Morgan fingerprint density at radius 2 is 1.92 bits per heavy atom. The molecule has 1 saturated heterocycles. The minimum Gasteiger partial charge on any atom is -0.413 e. The van der Waals surface area contributed by atoms with E-state index in [0.717, 1.165) is 26.1 Å². The largest absolute Gasteiger partial charge is 0.413 e. The topological polar surface area (TPSA) is 61.2 Å². The normalized spacial score (nSPS) is 22.9. The van der Waals surface area contributed by atoms with Crippen LogP contribution in [-0.4, -0.2) is 38.5 Å². The molecule has 1 aliphatic heterocycles. The van der Waals surface area contributed by atoms with E-state index in [-0.39, 0.29) is 17.2 Å². The van der Waals surface area contributed by atoms with Crippen LogP contribution in [0.4, 0.5) is 0 Å². The van der Waals surface area contributed by atoms with E-state index < -0.39 is 8.32 Å². The summed E-state index contributed by atoms with van der Waals surface area (Å²) in [7, 11) is -1.83. The maximum absolute atomic E-state index is 8.85. The molecule has 132 valence electrons. The molecule has 0 aromatic heterocycles. The summed E-state index contributed by atoms with van der Waals surface area (Å²) < 4.78 is 6.60. The van der Waals surface area contributed by atoms with Crippen molar-refractivity contribution in [2.24, 2.45) is 5.11 Å². The van der Waals surface area contributed by atoms with Crippen molar-refractivity contribution in [2.75, 3.05) is 13.1 Å². The zero-order valence-electron chi connectivity index (χ0n) is 15.6. The third kappa shape index (κ3) is 5.08. The first-order valence-corrected chi connectivity index (χ1v) is 11.6. The molecule has 0 spiro atoms. The summed E-state index contributed by atoms with van der Waals surface area (Å²) in [6.45, 7) is 13.9. The number of nitrogens with zero attached hydrogens (tertiary/aromatic N) is 4. The Kier molecular flexibility index (Phi) is 6.10. The molecule has 0 radical (unpaired) electrons. The van der Waals surface area contributed by atoms with Crippen LogP contribution in [0.5, 0.6) is 0 Å². The van der Waals surface area contributed by atoms with E-state index in [0.29, 0.717) is 0 Å². The van der Waals surface area contributed by atoms with Gasteiger partial charge in [-0.05, 0) is 35.6 Å². The second-order valence-electron chi connectivity index (χ2n) is 8.27. The third-order valence-electron chi connectivity index (χ3n) is 5.20. The Morgan fingerprint density at radius 3 is 2.50 bits per heavy atom. The van der Waals surface area contributed by atoms with Crippen LogP contribution in [0.3, 0.4) is 0 Å². The molecule has 0 N–H and O–H groups in total. The third-order valence-corrected chi connectivity index (χ3v) is 9.73. The van der Waals surface area contributed by atoms with Gasteiger partial charge in [-0.3, -0.25) is 4.90 Å². The summed E-state index contributed by atoms with van der Waals surface area (Å²) in [4.78, 5) is 5.39. The second kappa shape index (κ2) is 7.70. The smallest absolute Gasteiger partial charge is 0.192 e. The zero-order valence-corrected chi connectivity index (χ0v) is 16.6. The zero-order chi connectivity index (χ0) is 17.8. The molecule has 1 aromatic rings. The maximum atomic E-state index is 8.85. The van der Waals surface area contributed by atoms with Crippen LogP contribution in [0.15, 0.2) is 35.4 Å².